The third-order valence-electron chi connectivity index (χ3n) is 4.91. The molecule has 1 fully saturated rings. The number of primary sulfonamides is 1. The van der Waals surface area contributed by atoms with Crippen LogP contribution in [0.1, 0.15) is 0 Å². The van der Waals surface area contributed by atoms with Gasteiger partial charge in [0.05, 0.1) is 9.82 Å². The lowest BCUT2D eigenvalue weighted by atomic mass is 9.97. The van der Waals surface area contributed by atoms with E-state index in [0.29, 0.717) is 5.69 Å². The minimum Gasteiger partial charge on any atom is -0.387 e. The maximum atomic E-state index is 12.7. The quantitative estimate of drug-likeness (QED) is 0.136. The third-order valence-corrected chi connectivity index (χ3v) is 6.06. The molecule has 2 aromatic rings. The predicted octanol–water partition coefficient (Wildman–Crippen LogP) is -1.03. The minimum absolute atomic E-state index is 0.0465. The molecule has 0 radical (unpaired) electrons. The number of amides is 1. The lowest BCUT2D eigenvalue weighted by Crippen LogP contribution is -2.65. The Morgan fingerprint density at radius 1 is 1.03 bits per heavy atom. The number of nitrogens with zero attached hydrogens (tertiary/aromatic N) is 1. The number of benzene rings is 2. The lowest BCUT2D eigenvalue weighted by Gasteiger charge is -2.40. The standard InChI is InChI=1S/C19H21N5O9S2/c20-35(31,32)12-6-4-9(5-7-12)22-19(34)23-18-15(27)13(25)14(26)16(33-18)17(28)21-10-2-1-3-11(8-10)24(29)30/h1-8,13-16,18,25-27H,(H,21,28)(H2,20,31,32)(H2,22,23,34)/t13-,14-,15+,16-,18+/m0/s1. The summed E-state index contributed by atoms with van der Waals surface area (Å²) in [5.41, 5.74) is 0.113. The molecule has 0 aromatic heterocycles. The van der Waals surface area contributed by atoms with Crippen molar-refractivity contribution in [3.63, 3.8) is 0 Å². The Bertz CT molecular complexity index is 1230. The molecule has 1 aliphatic rings. The number of nitro benzene ring substituents is 1. The van der Waals surface area contributed by atoms with Gasteiger partial charge in [0.2, 0.25) is 10.0 Å². The number of rotatable bonds is 6. The fraction of sp³-hybridized carbons (Fsp3) is 0.263. The van der Waals surface area contributed by atoms with Gasteiger partial charge >= 0.3 is 0 Å². The summed E-state index contributed by atoms with van der Waals surface area (Å²) in [7, 11) is -3.89. The van der Waals surface area contributed by atoms with Crippen LogP contribution < -0.4 is 21.1 Å². The first-order chi connectivity index (χ1) is 16.4. The number of non-ortho nitro benzene ring substituents is 1. The number of nitrogens with two attached hydrogens (primary N) is 1. The molecular formula is C19H21N5O9S2. The van der Waals surface area contributed by atoms with Crippen LogP contribution in [0.3, 0.4) is 0 Å². The Balaban J connectivity index is 1.67. The zero-order valence-corrected chi connectivity index (χ0v) is 19.3. The van der Waals surface area contributed by atoms with Crippen molar-refractivity contribution in [1.82, 2.24) is 5.32 Å². The van der Waals surface area contributed by atoms with Crippen LogP contribution in [0.15, 0.2) is 53.4 Å². The van der Waals surface area contributed by atoms with Crippen molar-refractivity contribution in [1.29, 1.82) is 0 Å². The molecule has 14 nitrogen and oxygen atoms in total. The van der Waals surface area contributed by atoms with Crippen LogP contribution in [-0.2, 0) is 19.6 Å². The summed E-state index contributed by atoms with van der Waals surface area (Å²) in [5, 5.41) is 54.1. The van der Waals surface area contributed by atoms with Crippen molar-refractivity contribution in [3.05, 3.63) is 58.6 Å². The molecule has 1 heterocycles. The summed E-state index contributed by atoms with van der Waals surface area (Å²) < 4.78 is 28.1. The Morgan fingerprint density at radius 3 is 2.29 bits per heavy atom. The molecule has 188 valence electrons. The normalized spacial score (nSPS) is 24.3. The zero-order chi connectivity index (χ0) is 25.9. The molecule has 0 saturated carbocycles. The van der Waals surface area contributed by atoms with Crippen molar-refractivity contribution in [3.8, 4) is 0 Å². The fourth-order valence-corrected chi connectivity index (χ4v) is 3.90. The number of hydrogen-bond donors (Lipinski definition) is 7. The molecule has 16 heteroatoms. The van der Waals surface area contributed by atoms with Crippen LogP contribution >= 0.6 is 12.2 Å². The first kappa shape index (κ1) is 26.4. The molecule has 35 heavy (non-hydrogen) atoms. The number of hydrogen-bond acceptors (Lipinski definition) is 10. The molecule has 0 spiro atoms. The summed E-state index contributed by atoms with van der Waals surface area (Å²) >= 11 is 5.13. The second-order valence-corrected chi connectivity index (χ2v) is 9.38. The van der Waals surface area contributed by atoms with Crippen LogP contribution in [0.4, 0.5) is 17.1 Å². The van der Waals surface area contributed by atoms with Gasteiger partial charge in [-0.1, -0.05) is 6.07 Å². The number of sulfonamides is 1. The molecule has 0 bridgehead atoms. The number of aliphatic hydroxyl groups is 3. The number of ether oxygens (including phenoxy) is 1. The highest BCUT2D eigenvalue weighted by Gasteiger charge is 2.47. The van der Waals surface area contributed by atoms with Crippen LogP contribution in [0, 0.1) is 10.1 Å². The van der Waals surface area contributed by atoms with E-state index in [1.54, 1.807) is 0 Å². The molecule has 0 unspecified atom stereocenters. The molecule has 5 atom stereocenters. The first-order valence-corrected chi connectivity index (χ1v) is 11.8. The fourth-order valence-electron chi connectivity index (χ4n) is 3.15. The average Bonchev–Trinajstić information content (AvgIpc) is 2.79. The van der Waals surface area contributed by atoms with Gasteiger partial charge in [-0.2, -0.15) is 0 Å². The molecule has 3 rings (SSSR count). The molecule has 8 N–H and O–H groups in total. The summed E-state index contributed by atoms with van der Waals surface area (Å²) in [6.07, 6.45) is -8.45. The van der Waals surface area contributed by atoms with E-state index in [0.717, 1.165) is 6.07 Å². The molecule has 1 aliphatic heterocycles. The van der Waals surface area contributed by atoms with Crippen LogP contribution in [0.25, 0.3) is 0 Å². The van der Waals surface area contributed by atoms with Crippen LogP contribution in [-0.4, -0.2) is 70.3 Å². The van der Waals surface area contributed by atoms with E-state index in [9.17, 15) is 38.6 Å². The molecule has 2 aromatic carbocycles. The highest BCUT2D eigenvalue weighted by molar-refractivity contribution is 7.89. The molecule has 0 aliphatic carbocycles. The summed E-state index contributed by atoms with van der Waals surface area (Å²) in [6.45, 7) is 0. The molecule has 1 saturated heterocycles. The van der Waals surface area contributed by atoms with Crippen molar-refractivity contribution >= 4 is 50.3 Å². The van der Waals surface area contributed by atoms with Gasteiger partial charge < -0.3 is 36.0 Å². The summed E-state index contributed by atoms with van der Waals surface area (Å²) in [4.78, 5) is 22.8. The van der Waals surface area contributed by atoms with Crippen molar-refractivity contribution < 1.29 is 38.2 Å². The Morgan fingerprint density at radius 2 is 1.69 bits per heavy atom. The van der Waals surface area contributed by atoms with Crippen molar-refractivity contribution in [2.45, 2.75) is 35.5 Å². The van der Waals surface area contributed by atoms with E-state index in [1.165, 1.54) is 42.5 Å². The van der Waals surface area contributed by atoms with Gasteiger partial charge in [0.25, 0.3) is 11.6 Å². The number of nitrogens with one attached hydrogen (secondary N) is 3. The van der Waals surface area contributed by atoms with E-state index >= 15 is 0 Å². The smallest absolute Gasteiger partial charge is 0.271 e. The number of carbonyl (C=O) groups excluding carboxylic acids is 1. The third kappa shape index (κ3) is 6.45. The average molecular weight is 528 g/mol. The van der Waals surface area contributed by atoms with Gasteiger partial charge in [-0.3, -0.25) is 14.9 Å². The van der Waals surface area contributed by atoms with Gasteiger partial charge in [-0.25, -0.2) is 13.6 Å². The number of aliphatic hydroxyl groups excluding tert-OH is 3. The maximum absolute atomic E-state index is 12.7. The Kier molecular flexibility index (Phi) is 7.96. The number of nitro groups is 1. The van der Waals surface area contributed by atoms with E-state index < -0.39 is 51.5 Å². The van der Waals surface area contributed by atoms with Gasteiger partial charge in [0, 0.05) is 23.5 Å². The van der Waals surface area contributed by atoms with Gasteiger partial charge in [0.1, 0.15) is 18.3 Å². The minimum atomic E-state index is -3.89. The predicted molar refractivity (Wildman–Crippen MR) is 126 cm³/mol. The van der Waals surface area contributed by atoms with Crippen LogP contribution in [0.2, 0.25) is 0 Å². The van der Waals surface area contributed by atoms with Crippen molar-refractivity contribution in [2.75, 3.05) is 10.6 Å². The monoisotopic (exact) mass is 527 g/mol. The topological polar surface area (TPSA) is 226 Å². The van der Waals surface area contributed by atoms with Gasteiger partial charge in [-0.15, -0.1) is 0 Å². The Labute approximate surface area is 203 Å². The number of anilines is 2. The van der Waals surface area contributed by atoms with Gasteiger partial charge in [0.15, 0.2) is 17.4 Å². The largest absolute Gasteiger partial charge is 0.387 e. The lowest BCUT2D eigenvalue weighted by molar-refractivity contribution is -0.384. The molecular weight excluding hydrogens is 506 g/mol. The second kappa shape index (κ2) is 10.6. The van der Waals surface area contributed by atoms with Gasteiger partial charge in [-0.05, 0) is 42.5 Å². The van der Waals surface area contributed by atoms with Crippen LogP contribution in [0.5, 0.6) is 0 Å². The highest BCUT2D eigenvalue weighted by atomic mass is 32.2. The highest BCUT2D eigenvalue weighted by Crippen LogP contribution is 2.23. The number of thiocarbonyl (C=S) groups is 1. The van der Waals surface area contributed by atoms with E-state index in [2.05, 4.69) is 16.0 Å². The Hall–Kier alpha value is -3.25. The first-order valence-electron chi connectivity index (χ1n) is 9.82. The van der Waals surface area contributed by atoms with E-state index in [1.807, 2.05) is 0 Å². The van der Waals surface area contributed by atoms with E-state index in [4.69, 9.17) is 22.1 Å². The van der Waals surface area contributed by atoms with E-state index in [-0.39, 0.29) is 21.4 Å². The summed E-state index contributed by atoms with van der Waals surface area (Å²) in [6, 6.07) is 10.3. The number of carbonyl (C=O) groups is 1. The molecule has 1 amide bonds. The SMILES string of the molecule is NS(=O)(=O)c1ccc(NC(=S)N[C@@H]2O[C@H](C(=O)Nc3cccc([N+](=O)[O-])c3)[C@@H](O)[C@H](O)[C@H]2O)cc1. The van der Waals surface area contributed by atoms with Crippen molar-refractivity contribution in [2.24, 2.45) is 5.14 Å². The zero-order valence-electron chi connectivity index (χ0n) is 17.6. The maximum Gasteiger partial charge on any atom is 0.271 e. The second-order valence-electron chi connectivity index (χ2n) is 7.41. The summed E-state index contributed by atoms with van der Waals surface area (Å²) in [5.74, 6) is -0.937.